The van der Waals surface area contributed by atoms with Gasteiger partial charge in [0, 0.05) is 53.2 Å². The number of para-hydroxylation sites is 1. The van der Waals surface area contributed by atoms with Crippen molar-refractivity contribution < 1.29 is 14.6 Å². The van der Waals surface area contributed by atoms with Crippen molar-refractivity contribution in [3.63, 3.8) is 0 Å². The number of carbonyl (C=O) groups excluding carboxylic acids is 1. The molecule has 42 heavy (non-hydrogen) atoms. The van der Waals surface area contributed by atoms with Gasteiger partial charge in [-0.05, 0) is 73.9 Å². The molecular weight excluding hydrogens is 576 g/mol. The average molecular weight is 607 g/mol. The van der Waals surface area contributed by atoms with E-state index >= 15 is 0 Å². The maximum atomic E-state index is 13.6. The van der Waals surface area contributed by atoms with Crippen LogP contribution in [0.2, 0.25) is 0 Å². The Bertz CT molecular complexity index is 1550. The molecule has 1 saturated carbocycles. The third-order valence-electron chi connectivity index (χ3n) is 8.91. The lowest BCUT2D eigenvalue weighted by molar-refractivity contribution is -0.387. The standard InChI is InChI=1S/C31H31ClN4O5S/c1-18-7-4-5-14-34(18)31(37)20-12-13-24-22(16-20)28-23(30(33-24)19-8-6-9-21(15-19)35(38)39)17-27(29(28)32)42-26-11-3-2-10-25(26)36(40)41/h2-3,6,8-13,15-16,18,23,27-30,33H,4-5,7,14,17H2,1H3/t18-,23-,27+,28-,29+,30+/m1/s1. The summed E-state index contributed by atoms with van der Waals surface area (Å²) in [7, 11) is 0. The molecule has 6 atom stereocenters. The molecule has 3 aromatic carbocycles. The average Bonchev–Trinajstić information content (AvgIpc) is 3.32. The summed E-state index contributed by atoms with van der Waals surface area (Å²) in [6.07, 6.45) is 3.74. The van der Waals surface area contributed by atoms with Crippen molar-refractivity contribution in [2.75, 3.05) is 11.9 Å². The highest BCUT2D eigenvalue weighted by molar-refractivity contribution is 8.00. The van der Waals surface area contributed by atoms with E-state index in [4.69, 9.17) is 11.6 Å². The number of rotatable bonds is 6. The van der Waals surface area contributed by atoms with E-state index in [9.17, 15) is 25.0 Å². The zero-order chi connectivity index (χ0) is 29.5. The maximum Gasteiger partial charge on any atom is 0.282 e. The zero-order valence-corrected chi connectivity index (χ0v) is 24.6. The first-order valence-corrected chi connectivity index (χ1v) is 15.5. The molecule has 1 saturated heterocycles. The summed E-state index contributed by atoms with van der Waals surface area (Å²) >= 11 is 8.69. The molecule has 3 aliphatic rings. The monoisotopic (exact) mass is 606 g/mol. The van der Waals surface area contributed by atoms with E-state index in [-0.39, 0.29) is 56.8 Å². The number of piperidine rings is 1. The van der Waals surface area contributed by atoms with Gasteiger partial charge in [0.2, 0.25) is 0 Å². The highest BCUT2D eigenvalue weighted by Gasteiger charge is 2.50. The number of amides is 1. The van der Waals surface area contributed by atoms with Crippen molar-refractivity contribution >= 4 is 46.3 Å². The van der Waals surface area contributed by atoms with Crippen LogP contribution >= 0.6 is 23.4 Å². The van der Waals surface area contributed by atoms with Crippen LogP contribution in [0.1, 0.15) is 66.1 Å². The Morgan fingerprint density at radius 2 is 1.83 bits per heavy atom. The number of anilines is 1. The Morgan fingerprint density at radius 3 is 2.60 bits per heavy atom. The van der Waals surface area contributed by atoms with Crippen LogP contribution in [0.15, 0.2) is 71.6 Å². The van der Waals surface area contributed by atoms with Crippen molar-refractivity contribution in [2.24, 2.45) is 5.92 Å². The minimum atomic E-state index is -0.399. The van der Waals surface area contributed by atoms with Gasteiger partial charge < -0.3 is 10.2 Å². The number of fused-ring (bicyclic) bond motifs is 3. The predicted octanol–water partition coefficient (Wildman–Crippen LogP) is 7.56. The van der Waals surface area contributed by atoms with Gasteiger partial charge in [0.05, 0.1) is 26.2 Å². The van der Waals surface area contributed by atoms with E-state index in [2.05, 4.69) is 12.2 Å². The number of nitrogens with one attached hydrogen (secondary N) is 1. The van der Waals surface area contributed by atoms with Crippen LogP contribution in [0, 0.1) is 26.1 Å². The van der Waals surface area contributed by atoms with Crippen molar-refractivity contribution in [2.45, 2.75) is 66.1 Å². The molecule has 3 aromatic rings. The number of thioether (sulfide) groups is 1. The fourth-order valence-electron chi connectivity index (χ4n) is 6.85. The minimum Gasteiger partial charge on any atom is -0.378 e. The predicted molar refractivity (Wildman–Crippen MR) is 163 cm³/mol. The lowest BCUT2D eigenvalue weighted by atomic mass is 9.76. The SMILES string of the molecule is C[C@@H]1CCCCN1C(=O)c1ccc2c(c1)[C@H]1[C@@H](Cl)[C@@H](Sc3ccccc3[N+](=O)[O-])C[C@H]1[C@H](c1cccc([N+](=O)[O-])c1)N2. The molecule has 2 heterocycles. The van der Waals surface area contributed by atoms with E-state index < -0.39 is 4.92 Å². The summed E-state index contributed by atoms with van der Waals surface area (Å²) in [5.41, 5.74) is 3.25. The lowest BCUT2D eigenvalue weighted by Crippen LogP contribution is -2.42. The molecule has 1 N–H and O–H groups in total. The van der Waals surface area contributed by atoms with Crippen molar-refractivity contribution in [1.82, 2.24) is 4.90 Å². The number of alkyl halides is 1. The summed E-state index contributed by atoms with van der Waals surface area (Å²) in [6, 6.07) is 19.0. The highest BCUT2D eigenvalue weighted by atomic mass is 35.5. The van der Waals surface area contributed by atoms with Gasteiger partial charge in [-0.3, -0.25) is 25.0 Å². The van der Waals surface area contributed by atoms with E-state index in [0.29, 0.717) is 16.9 Å². The Kier molecular flexibility index (Phi) is 7.85. The molecule has 1 amide bonds. The Morgan fingerprint density at radius 1 is 1.02 bits per heavy atom. The summed E-state index contributed by atoms with van der Waals surface area (Å²) in [5, 5.41) is 26.4. The normalized spacial score (nSPS) is 26.6. The highest BCUT2D eigenvalue weighted by Crippen LogP contribution is 2.58. The first-order valence-electron chi connectivity index (χ1n) is 14.2. The molecule has 1 aliphatic carbocycles. The zero-order valence-electron chi connectivity index (χ0n) is 23.0. The summed E-state index contributed by atoms with van der Waals surface area (Å²) in [5.74, 6) is -0.210. The molecule has 0 unspecified atom stereocenters. The number of halogens is 1. The van der Waals surface area contributed by atoms with Gasteiger partial charge in [-0.2, -0.15) is 0 Å². The third kappa shape index (κ3) is 5.22. The van der Waals surface area contributed by atoms with Crippen LogP contribution in [-0.4, -0.2) is 43.9 Å². The van der Waals surface area contributed by atoms with Gasteiger partial charge in [0.15, 0.2) is 0 Å². The molecule has 9 nitrogen and oxygen atoms in total. The van der Waals surface area contributed by atoms with Gasteiger partial charge in [0.25, 0.3) is 17.3 Å². The van der Waals surface area contributed by atoms with Crippen LogP contribution in [0.25, 0.3) is 0 Å². The van der Waals surface area contributed by atoms with Crippen LogP contribution in [0.4, 0.5) is 17.1 Å². The molecule has 6 rings (SSSR count). The fraction of sp³-hybridized carbons (Fsp3) is 0.387. The largest absolute Gasteiger partial charge is 0.378 e. The van der Waals surface area contributed by atoms with E-state index in [1.807, 2.05) is 29.2 Å². The van der Waals surface area contributed by atoms with Crippen LogP contribution in [-0.2, 0) is 0 Å². The molecule has 218 valence electrons. The van der Waals surface area contributed by atoms with Crippen LogP contribution in [0.5, 0.6) is 0 Å². The van der Waals surface area contributed by atoms with Crippen LogP contribution in [0.3, 0.4) is 0 Å². The Hall–Kier alpha value is -3.63. The number of nitro benzene ring substituents is 2. The van der Waals surface area contributed by atoms with Crippen molar-refractivity contribution in [1.29, 1.82) is 0 Å². The lowest BCUT2D eigenvalue weighted by Gasteiger charge is -2.39. The molecule has 0 bridgehead atoms. The third-order valence-corrected chi connectivity index (χ3v) is 11.0. The number of carbonyl (C=O) groups is 1. The van der Waals surface area contributed by atoms with Crippen molar-refractivity contribution in [3.8, 4) is 0 Å². The summed E-state index contributed by atoms with van der Waals surface area (Å²) in [4.78, 5) is 38.6. The fourth-order valence-corrected chi connectivity index (χ4v) is 8.79. The second-order valence-corrected chi connectivity index (χ2v) is 13.2. The first kappa shape index (κ1) is 28.5. The maximum absolute atomic E-state index is 13.6. The van der Waals surface area contributed by atoms with Gasteiger partial charge in [-0.15, -0.1) is 23.4 Å². The molecule has 2 fully saturated rings. The van der Waals surface area contributed by atoms with Gasteiger partial charge in [-0.25, -0.2) is 0 Å². The number of hydrogen-bond acceptors (Lipinski definition) is 7. The molecule has 0 radical (unpaired) electrons. The van der Waals surface area contributed by atoms with Gasteiger partial charge in [0.1, 0.15) is 0 Å². The first-order chi connectivity index (χ1) is 20.2. The molecule has 0 aromatic heterocycles. The van der Waals surface area contributed by atoms with Gasteiger partial charge in [-0.1, -0.05) is 24.3 Å². The Balaban J connectivity index is 1.39. The van der Waals surface area contributed by atoms with Crippen molar-refractivity contribution in [3.05, 3.63) is 104 Å². The number of non-ortho nitro benzene ring substituents is 1. The smallest absolute Gasteiger partial charge is 0.282 e. The van der Waals surface area contributed by atoms with E-state index in [0.717, 1.165) is 42.6 Å². The van der Waals surface area contributed by atoms with Gasteiger partial charge >= 0.3 is 0 Å². The number of nitrogens with zero attached hydrogens (tertiary/aromatic N) is 3. The second-order valence-electron chi connectivity index (χ2n) is 11.4. The Labute approximate surface area is 252 Å². The van der Waals surface area contributed by atoms with Crippen LogP contribution < -0.4 is 5.32 Å². The summed E-state index contributed by atoms with van der Waals surface area (Å²) < 4.78 is 0. The molecule has 11 heteroatoms. The minimum absolute atomic E-state index is 0.0114. The number of benzene rings is 3. The molecule has 2 aliphatic heterocycles. The number of likely N-dealkylation sites (tertiary alicyclic amines) is 1. The van der Waals surface area contributed by atoms with E-state index in [1.165, 1.54) is 23.9 Å². The number of nitro groups is 2. The second kappa shape index (κ2) is 11.6. The number of hydrogen-bond donors (Lipinski definition) is 1. The molecule has 0 spiro atoms. The topological polar surface area (TPSA) is 119 Å². The van der Waals surface area contributed by atoms with E-state index in [1.54, 1.807) is 30.3 Å². The molecular formula is C31H31ClN4O5S. The quantitative estimate of drug-likeness (QED) is 0.175. The summed E-state index contributed by atoms with van der Waals surface area (Å²) in [6.45, 7) is 2.83.